The average Bonchev–Trinajstić information content (AvgIpc) is 2.34. The number of nitrogens with two attached hydrogens (primary N) is 2. The van der Waals surface area contributed by atoms with Gasteiger partial charge < -0.3 is 28.4 Å². The Balaban J connectivity index is 0.000000720. The van der Waals surface area contributed by atoms with Crippen LogP contribution >= 0.6 is 11.8 Å². The molecular weight excluding hydrogens is 240 g/mol. The first-order valence-corrected chi connectivity index (χ1v) is 4.34. The number of anilines is 2. The minimum atomic E-state index is 0. The maximum absolute atomic E-state index is 5.70. The summed E-state index contributed by atoms with van der Waals surface area (Å²) in [6, 6.07) is 1.69. The maximum atomic E-state index is 5.70. The van der Waals surface area contributed by atoms with Gasteiger partial charge in [-0.25, -0.2) is 4.57 Å². The van der Waals surface area contributed by atoms with Crippen LogP contribution in [0.4, 0.5) is 11.6 Å². The molecule has 0 aliphatic carbocycles. The highest BCUT2D eigenvalue weighted by molar-refractivity contribution is 7.99. The third-order valence-electron chi connectivity index (χ3n) is 1.61. The SMILES string of the molecule is Nc1cc(N)[n+]2c(n1)SCC2.[Br-]. The number of hydrogen-bond donors (Lipinski definition) is 2. The number of rotatable bonds is 0. The number of fused-ring (bicyclic) bond motifs is 1. The van der Waals surface area contributed by atoms with Gasteiger partial charge in [0, 0.05) is 5.75 Å². The highest BCUT2D eigenvalue weighted by atomic mass is 79.9. The fraction of sp³-hybridized carbons (Fsp3) is 0.333. The summed E-state index contributed by atoms with van der Waals surface area (Å²) in [5, 5.41) is 0.933. The lowest BCUT2D eigenvalue weighted by Crippen LogP contribution is -3.00. The highest BCUT2D eigenvalue weighted by Gasteiger charge is 2.21. The van der Waals surface area contributed by atoms with Crippen LogP contribution in [0.25, 0.3) is 0 Å². The topological polar surface area (TPSA) is 68.8 Å². The second kappa shape index (κ2) is 3.49. The van der Waals surface area contributed by atoms with Crippen molar-refractivity contribution >= 4 is 23.4 Å². The second-order valence-electron chi connectivity index (χ2n) is 2.39. The van der Waals surface area contributed by atoms with Crippen LogP contribution in [0, 0.1) is 0 Å². The Kier molecular flexibility index (Phi) is 2.79. The molecule has 0 saturated heterocycles. The molecule has 66 valence electrons. The molecule has 1 aliphatic rings. The number of hydrogen-bond acceptors (Lipinski definition) is 4. The molecule has 0 radical (unpaired) electrons. The van der Waals surface area contributed by atoms with Crippen molar-refractivity contribution in [3.63, 3.8) is 0 Å². The Morgan fingerprint density at radius 3 is 3.00 bits per heavy atom. The molecule has 2 heterocycles. The number of halogens is 1. The quantitative estimate of drug-likeness (QED) is 0.372. The molecule has 1 aromatic rings. The summed E-state index contributed by atoms with van der Waals surface area (Å²) < 4.78 is 1.97. The molecule has 4 nitrogen and oxygen atoms in total. The zero-order chi connectivity index (χ0) is 7.84. The molecule has 4 N–H and O–H groups in total. The van der Waals surface area contributed by atoms with Gasteiger partial charge in [0.1, 0.15) is 0 Å². The molecule has 0 bridgehead atoms. The summed E-state index contributed by atoms with van der Waals surface area (Å²) in [5.74, 6) is 2.25. The van der Waals surface area contributed by atoms with Crippen molar-refractivity contribution in [3.8, 4) is 0 Å². The van der Waals surface area contributed by atoms with E-state index < -0.39 is 0 Å². The van der Waals surface area contributed by atoms with Crippen molar-refractivity contribution in [1.82, 2.24) is 4.98 Å². The molecule has 0 aromatic carbocycles. The van der Waals surface area contributed by atoms with E-state index in [0.29, 0.717) is 11.6 Å². The first-order chi connectivity index (χ1) is 5.27. The molecule has 6 heteroatoms. The third kappa shape index (κ3) is 1.49. The molecule has 0 saturated carbocycles. The van der Waals surface area contributed by atoms with E-state index in [9.17, 15) is 0 Å². The number of aromatic nitrogens is 2. The van der Waals surface area contributed by atoms with Crippen molar-refractivity contribution in [3.05, 3.63) is 6.07 Å². The van der Waals surface area contributed by atoms with Gasteiger partial charge in [-0.3, -0.25) is 0 Å². The summed E-state index contributed by atoms with van der Waals surface area (Å²) >= 11 is 1.69. The molecule has 1 aromatic heterocycles. The lowest BCUT2D eigenvalue weighted by molar-refractivity contribution is -0.713. The van der Waals surface area contributed by atoms with E-state index in [4.69, 9.17) is 11.5 Å². The zero-order valence-corrected chi connectivity index (χ0v) is 8.73. The molecule has 1 aliphatic heterocycles. The van der Waals surface area contributed by atoms with Gasteiger partial charge in [-0.1, -0.05) is 4.98 Å². The Bertz CT molecular complexity index is 304. The summed E-state index contributed by atoms with van der Waals surface area (Å²) in [5.41, 5.74) is 11.2. The molecule has 0 fully saturated rings. The summed E-state index contributed by atoms with van der Waals surface area (Å²) in [7, 11) is 0. The van der Waals surface area contributed by atoms with E-state index in [1.807, 2.05) is 4.57 Å². The van der Waals surface area contributed by atoms with E-state index in [-0.39, 0.29) is 17.0 Å². The Hall–Kier alpha value is -0.490. The average molecular weight is 249 g/mol. The minimum Gasteiger partial charge on any atom is -1.00 e. The number of nitrogens with zero attached hydrogens (tertiary/aromatic N) is 2. The molecule has 0 atom stereocenters. The monoisotopic (exact) mass is 248 g/mol. The Morgan fingerprint density at radius 2 is 2.25 bits per heavy atom. The van der Waals surface area contributed by atoms with Gasteiger partial charge in [0.15, 0.2) is 0 Å². The van der Waals surface area contributed by atoms with E-state index in [2.05, 4.69) is 4.98 Å². The lowest BCUT2D eigenvalue weighted by atomic mass is 10.5. The molecule has 0 amide bonds. The van der Waals surface area contributed by atoms with E-state index in [0.717, 1.165) is 17.5 Å². The van der Waals surface area contributed by atoms with Crippen LogP contribution in [-0.2, 0) is 6.54 Å². The van der Waals surface area contributed by atoms with Crippen LogP contribution in [0.2, 0.25) is 0 Å². The summed E-state index contributed by atoms with van der Waals surface area (Å²) in [4.78, 5) is 4.14. The fourth-order valence-corrected chi connectivity index (χ4v) is 2.09. The Morgan fingerprint density at radius 1 is 1.50 bits per heavy atom. The van der Waals surface area contributed by atoms with Crippen molar-refractivity contribution < 1.29 is 21.5 Å². The summed E-state index contributed by atoms with van der Waals surface area (Å²) in [6.07, 6.45) is 0. The molecule has 2 rings (SSSR count). The predicted molar refractivity (Wildman–Crippen MR) is 44.0 cm³/mol. The first-order valence-electron chi connectivity index (χ1n) is 3.36. The predicted octanol–water partition coefficient (Wildman–Crippen LogP) is -3.36. The van der Waals surface area contributed by atoms with E-state index in [1.54, 1.807) is 17.8 Å². The van der Waals surface area contributed by atoms with Crippen LogP contribution in [-0.4, -0.2) is 10.7 Å². The van der Waals surface area contributed by atoms with Crippen LogP contribution < -0.4 is 33.0 Å². The van der Waals surface area contributed by atoms with Crippen LogP contribution in [0.3, 0.4) is 0 Å². The van der Waals surface area contributed by atoms with E-state index in [1.165, 1.54) is 0 Å². The normalized spacial score (nSPS) is 13.7. The van der Waals surface area contributed by atoms with Gasteiger partial charge in [-0.05, 0) is 11.8 Å². The highest BCUT2D eigenvalue weighted by Crippen LogP contribution is 2.19. The third-order valence-corrected chi connectivity index (χ3v) is 2.57. The van der Waals surface area contributed by atoms with Crippen molar-refractivity contribution in [2.24, 2.45) is 0 Å². The van der Waals surface area contributed by atoms with Crippen LogP contribution in [0.5, 0.6) is 0 Å². The molecule has 0 unspecified atom stereocenters. The zero-order valence-electron chi connectivity index (χ0n) is 6.33. The van der Waals surface area contributed by atoms with Crippen molar-refractivity contribution in [2.75, 3.05) is 17.2 Å². The van der Waals surface area contributed by atoms with E-state index >= 15 is 0 Å². The van der Waals surface area contributed by atoms with Gasteiger partial charge in [0.05, 0.1) is 12.6 Å². The maximum Gasteiger partial charge on any atom is 0.301 e. The van der Waals surface area contributed by atoms with Crippen molar-refractivity contribution in [1.29, 1.82) is 0 Å². The van der Waals surface area contributed by atoms with Crippen LogP contribution in [0.15, 0.2) is 11.2 Å². The van der Waals surface area contributed by atoms with Crippen molar-refractivity contribution in [2.45, 2.75) is 11.7 Å². The number of thioether (sulfide) groups is 1. The standard InChI is InChI=1S/C6H8N4S.BrH/c7-4-3-5(8)10-1-2-11-6(10)9-4;/h3H,1-2H2,(H3,7,8);1H. The van der Waals surface area contributed by atoms with Gasteiger partial charge in [0.2, 0.25) is 11.6 Å². The van der Waals surface area contributed by atoms with Gasteiger partial charge in [-0.15, -0.1) is 0 Å². The largest absolute Gasteiger partial charge is 1.00 e. The van der Waals surface area contributed by atoms with Gasteiger partial charge in [0.25, 0.3) is 0 Å². The molecule has 0 spiro atoms. The van der Waals surface area contributed by atoms with Gasteiger partial charge in [-0.2, -0.15) is 0 Å². The second-order valence-corrected chi connectivity index (χ2v) is 3.45. The Labute approximate surface area is 85.1 Å². The first kappa shape index (κ1) is 9.60. The van der Waals surface area contributed by atoms with Crippen LogP contribution in [0.1, 0.15) is 0 Å². The fourth-order valence-electron chi connectivity index (χ4n) is 1.11. The van der Waals surface area contributed by atoms with Gasteiger partial charge >= 0.3 is 5.16 Å². The molecule has 12 heavy (non-hydrogen) atoms. The molecular formula is C6H9BrN4S. The minimum absolute atomic E-state index is 0. The smallest absolute Gasteiger partial charge is 0.301 e. The number of nitrogen functional groups attached to an aromatic ring is 2. The summed E-state index contributed by atoms with van der Waals surface area (Å²) in [6.45, 7) is 0.944. The lowest BCUT2D eigenvalue weighted by Gasteiger charge is -1.97.